The Morgan fingerprint density at radius 3 is 2.37 bits per heavy atom. The van der Waals surface area contributed by atoms with Gasteiger partial charge in [0, 0.05) is 61.6 Å². The van der Waals surface area contributed by atoms with E-state index in [1.165, 1.54) is 23.7 Å². The lowest BCUT2D eigenvalue weighted by atomic mass is 10.1. The molecule has 2 amide bonds. The molecule has 2 aromatic heterocycles. The van der Waals surface area contributed by atoms with Crippen LogP contribution in [0.3, 0.4) is 0 Å². The minimum Gasteiger partial charge on any atom is -0.370 e. The van der Waals surface area contributed by atoms with Crippen molar-refractivity contribution in [3.8, 4) is 11.1 Å². The minimum atomic E-state index is -0.245. The van der Waals surface area contributed by atoms with Gasteiger partial charge in [-0.2, -0.15) is 0 Å². The molecule has 1 fully saturated rings. The van der Waals surface area contributed by atoms with Crippen LogP contribution in [0.4, 0.5) is 0 Å². The SMILES string of the molecule is CCC(N)=O.CN(C(=O)c1ncc(-c2ccc3c(ccn3C)c2)cn1)C1CCCC1. The van der Waals surface area contributed by atoms with E-state index < -0.39 is 0 Å². The van der Waals surface area contributed by atoms with E-state index in [2.05, 4.69) is 44.5 Å². The van der Waals surface area contributed by atoms with E-state index in [9.17, 15) is 9.59 Å². The van der Waals surface area contributed by atoms with Crippen LogP contribution in [0.2, 0.25) is 0 Å². The number of aryl methyl sites for hydroxylation is 1. The third-order valence-corrected chi connectivity index (χ3v) is 5.60. The fourth-order valence-electron chi connectivity index (χ4n) is 3.66. The number of carbonyl (C=O) groups excluding carboxylic acids is 2. The molecule has 0 bridgehead atoms. The van der Waals surface area contributed by atoms with Crippen molar-refractivity contribution >= 4 is 22.7 Å². The average molecular weight is 408 g/mol. The van der Waals surface area contributed by atoms with Crippen LogP contribution in [-0.2, 0) is 11.8 Å². The summed E-state index contributed by atoms with van der Waals surface area (Å²) in [5, 5.41) is 1.18. The number of carbonyl (C=O) groups is 2. The molecule has 0 saturated heterocycles. The summed E-state index contributed by atoms with van der Waals surface area (Å²) in [6.45, 7) is 1.72. The predicted octanol–water partition coefficient (Wildman–Crippen LogP) is 3.53. The summed E-state index contributed by atoms with van der Waals surface area (Å²) in [5.41, 5.74) is 7.82. The van der Waals surface area contributed by atoms with Crippen molar-refractivity contribution in [3.63, 3.8) is 0 Å². The van der Waals surface area contributed by atoms with E-state index in [1.54, 1.807) is 24.2 Å². The largest absolute Gasteiger partial charge is 0.370 e. The van der Waals surface area contributed by atoms with E-state index in [4.69, 9.17) is 0 Å². The Labute approximate surface area is 176 Å². The second-order valence-electron chi connectivity index (χ2n) is 7.67. The number of benzene rings is 1. The van der Waals surface area contributed by atoms with Gasteiger partial charge in [-0.15, -0.1) is 0 Å². The lowest BCUT2D eigenvalue weighted by molar-refractivity contribution is -0.117. The topological polar surface area (TPSA) is 94.1 Å². The van der Waals surface area contributed by atoms with Crippen LogP contribution in [0.1, 0.15) is 49.6 Å². The van der Waals surface area contributed by atoms with E-state index in [0.717, 1.165) is 24.0 Å². The maximum absolute atomic E-state index is 12.6. The van der Waals surface area contributed by atoms with Gasteiger partial charge in [-0.05, 0) is 36.6 Å². The molecule has 4 rings (SSSR count). The molecule has 2 N–H and O–H groups in total. The molecule has 0 unspecified atom stereocenters. The molecule has 0 aliphatic heterocycles. The van der Waals surface area contributed by atoms with Crippen molar-refractivity contribution in [1.29, 1.82) is 0 Å². The average Bonchev–Trinajstić information content (AvgIpc) is 3.43. The Bertz CT molecular complexity index is 1020. The number of hydrogen-bond donors (Lipinski definition) is 1. The van der Waals surface area contributed by atoms with Crippen LogP contribution in [0, 0.1) is 0 Å². The number of nitrogens with zero attached hydrogens (tertiary/aromatic N) is 4. The summed E-state index contributed by atoms with van der Waals surface area (Å²) in [7, 11) is 3.89. The summed E-state index contributed by atoms with van der Waals surface area (Å²) in [4.78, 5) is 32.6. The van der Waals surface area contributed by atoms with Gasteiger partial charge in [0.2, 0.25) is 11.7 Å². The summed E-state index contributed by atoms with van der Waals surface area (Å²) in [5.74, 6) is -0.0547. The van der Waals surface area contributed by atoms with Gasteiger partial charge in [-0.3, -0.25) is 9.59 Å². The molecule has 1 aliphatic rings. The molecule has 1 saturated carbocycles. The van der Waals surface area contributed by atoms with Crippen LogP contribution in [0.15, 0.2) is 42.9 Å². The van der Waals surface area contributed by atoms with Crippen molar-refractivity contribution in [2.45, 2.75) is 45.1 Å². The van der Waals surface area contributed by atoms with Crippen molar-refractivity contribution < 1.29 is 9.59 Å². The zero-order chi connectivity index (χ0) is 21.7. The standard InChI is InChI=1S/C20H22N4O.C3H7NO/c1-23-10-9-15-11-14(7-8-18(15)23)16-12-21-19(22-13-16)20(25)24(2)17-5-3-4-6-17;1-2-3(4)5/h7-13,17H,3-6H2,1-2H3;2H2,1H3,(H2,4,5). The second-order valence-corrected chi connectivity index (χ2v) is 7.67. The number of hydrogen-bond acceptors (Lipinski definition) is 4. The van der Waals surface area contributed by atoms with E-state index in [-0.39, 0.29) is 17.6 Å². The summed E-state index contributed by atoms with van der Waals surface area (Å²) >= 11 is 0. The number of primary amides is 1. The zero-order valence-corrected chi connectivity index (χ0v) is 17.8. The molecule has 30 heavy (non-hydrogen) atoms. The molecule has 7 nitrogen and oxygen atoms in total. The van der Waals surface area contributed by atoms with Gasteiger partial charge in [0.1, 0.15) is 0 Å². The lowest BCUT2D eigenvalue weighted by Crippen LogP contribution is -2.36. The minimum absolute atomic E-state index is 0.0861. The van der Waals surface area contributed by atoms with Gasteiger partial charge in [-0.1, -0.05) is 25.8 Å². The first-order valence-electron chi connectivity index (χ1n) is 10.3. The quantitative estimate of drug-likeness (QED) is 0.716. The van der Waals surface area contributed by atoms with Crippen LogP contribution in [0.25, 0.3) is 22.0 Å². The molecule has 1 aromatic carbocycles. The van der Waals surface area contributed by atoms with Crippen LogP contribution < -0.4 is 5.73 Å². The van der Waals surface area contributed by atoms with Crippen LogP contribution in [0.5, 0.6) is 0 Å². The highest BCUT2D eigenvalue weighted by atomic mass is 16.2. The van der Waals surface area contributed by atoms with Gasteiger partial charge in [0.05, 0.1) is 0 Å². The molecule has 7 heteroatoms. The second kappa shape index (κ2) is 9.52. The maximum atomic E-state index is 12.6. The first-order valence-corrected chi connectivity index (χ1v) is 10.3. The molecule has 0 radical (unpaired) electrons. The van der Waals surface area contributed by atoms with Crippen molar-refractivity contribution in [1.82, 2.24) is 19.4 Å². The first-order chi connectivity index (χ1) is 14.4. The Morgan fingerprint density at radius 1 is 1.13 bits per heavy atom. The monoisotopic (exact) mass is 407 g/mol. The van der Waals surface area contributed by atoms with Gasteiger partial charge >= 0.3 is 0 Å². The molecular weight excluding hydrogens is 378 g/mol. The summed E-state index contributed by atoms with van der Waals surface area (Å²) in [6.07, 6.45) is 10.5. The lowest BCUT2D eigenvalue weighted by Gasteiger charge is -2.23. The molecule has 158 valence electrons. The summed E-state index contributed by atoms with van der Waals surface area (Å²) < 4.78 is 2.09. The molecular formula is C23H29N5O2. The van der Waals surface area contributed by atoms with Crippen LogP contribution in [-0.4, -0.2) is 44.3 Å². The fraction of sp³-hybridized carbons (Fsp3) is 0.391. The van der Waals surface area contributed by atoms with E-state index in [0.29, 0.717) is 12.5 Å². The van der Waals surface area contributed by atoms with E-state index >= 15 is 0 Å². The van der Waals surface area contributed by atoms with Crippen molar-refractivity contribution in [2.24, 2.45) is 12.8 Å². The summed E-state index contributed by atoms with van der Waals surface area (Å²) in [6, 6.07) is 8.70. The molecule has 1 aliphatic carbocycles. The Balaban J connectivity index is 0.000000461. The number of nitrogens with two attached hydrogens (primary N) is 1. The van der Waals surface area contributed by atoms with Gasteiger partial charge in [0.15, 0.2) is 0 Å². The Kier molecular flexibility index (Phi) is 6.82. The molecule has 3 aromatic rings. The fourth-order valence-corrected chi connectivity index (χ4v) is 3.66. The van der Waals surface area contributed by atoms with Gasteiger partial charge in [-0.25, -0.2) is 9.97 Å². The first kappa shape index (κ1) is 21.5. The van der Waals surface area contributed by atoms with Crippen molar-refractivity contribution in [2.75, 3.05) is 7.05 Å². The van der Waals surface area contributed by atoms with Crippen molar-refractivity contribution in [3.05, 3.63) is 48.7 Å². The van der Waals surface area contributed by atoms with E-state index in [1.807, 2.05) is 20.3 Å². The zero-order valence-electron chi connectivity index (χ0n) is 17.8. The molecule has 0 spiro atoms. The highest BCUT2D eigenvalue weighted by Gasteiger charge is 2.25. The Morgan fingerprint density at radius 2 is 1.77 bits per heavy atom. The van der Waals surface area contributed by atoms with Gasteiger partial charge < -0.3 is 15.2 Å². The third kappa shape index (κ3) is 4.84. The Hall–Kier alpha value is -3.22. The highest BCUT2D eigenvalue weighted by Crippen LogP contribution is 2.25. The maximum Gasteiger partial charge on any atom is 0.291 e. The predicted molar refractivity (Wildman–Crippen MR) is 118 cm³/mol. The number of aromatic nitrogens is 3. The number of rotatable bonds is 4. The highest BCUT2D eigenvalue weighted by molar-refractivity contribution is 5.91. The van der Waals surface area contributed by atoms with Crippen LogP contribution >= 0.6 is 0 Å². The number of fused-ring (bicyclic) bond motifs is 1. The smallest absolute Gasteiger partial charge is 0.291 e. The third-order valence-electron chi connectivity index (χ3n) is 5.60. The number of amides is 2. The molecule has 2 heterocycles. The van der Waals surface area contributed by atoms with Gasteiger partial charge in [0.25, 0.3) is 5.91 Å². The normalized spacial score (nSPS) is 13.7. The molecule has 0 atom stereocenters.